The van der Waals surface area contributed by atoms with Gasteiger partial charge in [-0.05, 0) is 36.2 Å². The van der Waals surface area contributed by atoms with E-state index in [2.05, 4.69) is 35.2 Å². The van der Waals surface area contributed by atoms with Gasteiger partial charge in [-0.25, -0.2) is 0 Å². The SMILES string of the molecule is COc1cc2c(cc1OC)C(c1ccc(N(CCCl)CCCl)cc1)=NCC2.Cl. The van der Waals surface area contributed by atoms with E-state index < -0.39 is 0 Å². The maximum Gasteiger partial charge on any atom is 0.161 e. The predicted molar refractivity (Wildman–Crippen MR) is 121 cm³/mol. The Bertz CT molecular complexity index is 804. The summed E-state index contributed by atoms with van der Waals surface area (Å²) in [5.74, 6) is 2.62. The van der Waals surface area contributed by atoms with Crippen LogP contribution in [0, 0.1) is 0 Å². The summed E-state index contributed by atoms with van der Waals surface area (Å²) in [5.41, 5.74) is 5.52. The number of benzene rings is 2. The van der Waals surface area contributed by atoms with Crippen LogP contribution < -0.4 is 14.4 Å². The first-order chi connectivity index (χ1) is 13.2. The minimum atomic E-state index is 0. The summed E-state index contributed by atoms with van der Waals surface area (Å²) in [4.78, 5) is 6.97. The van der Waals surface area contributed by atoms with Crippen LogP contribution in [0.15, 0.2) is 41.4 Å². The van der Waals surface area contributed by atoms with Crippen LogP contribution in [0.5, 0.6) is 11.5 Å². The predicted octanol–water partition coefficient (Wildman–Crippen LogP) is 4.80. The molecule has 0 atom stereocenters. The highest BCUT2D eigenvalue weighted by molar-refractivity contribution is 6.18. The molecule has 0 spiro atoms. The number of hydrogen-bond donors (Lipinski definition) is 0. The molecule has 0 saturated carbocycles. The normalized spacial score (nSPS) is 12.5. The molecule has 2 aromatic rings. The molecule has 0 aromatic heterocycles. The van der Waals surface area contributed by atoms with Crippen LogP contribution in [-0.2, 0) is 6.42 Å². The minimum Gasteiger partial charge on any atom is -0.493 e. The first-order valence-corrected chi connectivity index (χ1v) is 10.1. The molecule has 4 nitrogen and oxygen atoms in total. The molecule has 0 aliphatic carbocycles. The van der Waals surface area contributed by atoms with Crippen molar-refractivity contribution in [2.75, 3.05) is 50.5 Å². The van der Waals surface area contributed by atoms with Crippen molar-refractivity contribution in [1.82, 2.24) is 0 Å². The van der Waals surface area contributed by atoms with E-state index in [0.717, 1.165) is 60.1 Å². The van der Waals surface area contributed by atoms with Gasteiger partial charge in [-0.1, -0.05) is 12.1 Å². The number of fused-ring (bicyclic) bond motifs is 1. The summed E-state index contributed by atoms with van der Waals surface area (Å²) < 4.78 is 10.9. The quantitative estimate of drug-likeness (QED) is 0.549. The average Bonchev–Trinajstić information content (AvgIpc) is 2.72. The zero-order valence-corrected chi connectivity index (χ0v) is 18.4. The van der Waals surface area contributed by atoms with Crippen molar-refractivity contribution in [3.05, 3.63) is 53.1 Å². The van der Waals surface area contributed by atoms with Crippen LogP contribution in [0.25, 0.3) is 0 Å². The fourth-order valence-electron chi connectivity index (χ4n) is 3.37. The number of hydrogen-bond acceptors (Lipinski definition) is 4. The highest BCUT2D eigenvalue weighted by Gasteiger charge is 2.20. The number of alkyl halides is 2. The second kappa shape index (κ2) is 10.8. The zero-order chi connectivity index (χ0) is 19.2. The molecule has 0 bridgehead atoms. The molecule has 1 heterocycles. The van der Waals surface area contributed by atoms with Crippen molar-refractivity contribution in [1.29, 1.82) is 0 Å². The molecule has 152 valence electrons. The van der Waals surface area contributed by atoms with E-state index in [9.17, 15) is 0 Å². The monoisotopic (exact) mass is 442 g/mol. The Morgan fingerprint density at radius 2 is 1.57 bits per heavy atom. The lowest BCUT2D eigenvalue weighted by Crippen LogP contribution is -2.27. The molecule has 0 unspecified atom stereocenters. The lowest BCUT2D eigenvalue weighted by atomic mass is 9.92. The fraction of sp³-hybridized carbons (Fsp3) is 0.381. The van der Waals surface area contributed by atoms with Crippen LogP contribution in [0.4, 0.5) is 5.69 Å². The van der Waals surface area contributed by atoms with Crippen LogP contribution >= 0.6 is 35.6 Å². The Morgan fingerprint density at radius 3 is 2.14 bits per heavy atom. The minimum absolute atomic E-state index is 0. The van der Waals surface area contributed by atoms with Crippen molar-refractivity contribution in [3.63, 3.8) is 0 Å². The maximum atomic E-state index is 5.92. The third kappa shape index (κ3) is 4.86. The van der Waals surface area contributed by atoms with Crippen LogP contribution in [0.3, 0.4) is 0 Å². The highest BCUT2D eigenvalue weighted by Crippen LogP contribution is 2.33. The van der Waals surface area contributed by atoms with Gasteiger partial charge in [-0.2, -0.15) is 0 Å². The van der Waals surface area contributed by atoms with Gasteiger partial charge in [0.25, 0.3) is 0 Å². The number of aliphatic imine (C=N–C) groups is 1. The van der Waals surface area contributed by atoms with Gasteiger partial charge in [-0.3, -0.25) is 4.99 Å². The summed E-state index contributed by atoms with van der Waals surface area (Å²) in [5, 5.41) is 0. The third-order valence-electron chi connectivity index (χ3n) is 4.73. The van der Waals surface area contributed by atoms with Gasteiger partial charge in [0, 0.05) is 48.2 Å². The lowest BCUT2D eigenvalue weighted by Gasteiger charge is -2.24. The number of methoxy groups -OCH3 is 2. The Hall–Kier alpha value is -1.62. The maximum absolute atomic E-state index is 5.92. The number of anilines is 1. The standard InChI is InChI=1S/C21H24Cl2N2O2.ClH/c1-26-19-13-16-7-10-24-21(18(16)14-20(19)27-2)15-3-5-17(6-4-15)25(11-8-22)12-9-23;/h3-6,13-14H,7-12H2,1-2H3;1H. The Morgan fingerprint density at radius 1 is 0.964 bits per heavy atom. The van der Waals surface area contributed by atoms with Crippen molar-refractivity contribution in [3.8, 4) is 11.5 Å². The van der Waals surface area contributed by atoms with E-state index in [1.807, 2.05) is 6.07 Å². The van der Waals surface area contributed by atoms with Gasteiger partial charge >= 0.3 is 0 Å². The van der Waals surface area contributed by atoms with Gasteiger partial charge in [0.05, 0.1) is 19.9 Å². The molecule has 2 aromatic carbocycles. The van der Waals surface area contributed by atoms with Crippen molar-refractivity contribution in [2.45, 2.75) is 6.42 Å². The number of halogens is 3. The van der Waals surface area contributed by atoms with Crippen LogP contribution in [-0.4, -0.2) is 51.3 Å². The number of nitrogens with zero attached hydrogens (tertiary/aromatic N) is 2. The van der Waals surface area contributed by atoms with E-state index in [-0.39, 0.29) is 12.4 Å². The van der Waals surface area contributed by atoms with Crippen molar-refractivity contribution < 1.29 is 9.47 Å². The molecule has 3 rings (SSSR count). The fourth-order valence-corrected chi connectivity index (χ4v) is 3.78. The Balaban J connectivity index is 0.00000280. The molecular formula is C21H25Cl3N2O2. The first-order valence-electron chi connectivity index (χ1n) is 8.98. The Kier molecular flexibility index (Phi) is 8.74. The molecule has 0 radical (unpaired) electrons. The van der Waals surface area contributed by atoms with Crippen molar-refractivity contribution in [2.24, 2.45) is 4.99 Å². The third-order valence-corrected chi connectivity index (χ3v) is 5.07. The molecule has 0 amide bonds. The summed E-state index contributed by atoms with van der Waals surface area (Å²) in [6.45, 7) is 2.31. The number of rotatable bonds is 8. The van der Waals surface area contributed by atoms with Crippen LogP contribution in [0.1, 0.15) is 16.7 Å². The van der Waals surface area contributed by atoms with Gasteiger partial charge < -0.3 is 14.4 Å². The van der Waals surface area contributed by atoms with Gasteiger partial charge in [0.2, 0.25) is 0 Å². The average molecular weight is 444 g/mol. The number of ether oxygens (including phenoxy) is 2. The second-order valence-electron chi connectivity index (χ2n) is 6.26. The largest absolute Gasteiger partial charge is 0.493 e. The summed E-state index contributed by atoms with van der Waals surface area (Å²) in [6.07, 6.45) is 0.899. The van der Waals surface area contributed by atoms with E-state index >= 15 is 0 Å². The summed E-state index contributed by atoms with van der Waals surface area (Å²) >= 11 is 11.8. The summed E-state index contributed by atoms with van der Waals surface area (Å²) in [6, 6.07) is 12.5. The molecule has 0 saturated heterocycles. The second-order valence-corrected chi connectivity index (χ2v) is 7.01. The topological polar surface area (TPSA) is 34.1 Å². The lowest BCUT2D eigenvalue weighted by molar-refractivity contribution is 0.354. The van der Waals surface area contributed by atoms with E-state index in [0.29, 0.717) is 11.8 Å². The molecule has 0 N–H and O–H groups in total. The molecule has 1 aliphatic rings. The van der Waals surface area contributed by atoms with E-state index in [4.69, 9.17) is 37.7 Å². The van der Waals surface area contributed by atoms with Crippen molar-refractivity contribution >= 4 is 47.0 Å². The Labute approximate surface area is 182 Å². The van der Waals surface area contributed by atoms with E-state index in [1.165, 1.54) is 5.56 Å². The van der Waals surface area contributed by atoms with Gasteiger partial charge in [-0.15, -0.1) is 35.6 Å². The molecule has 0 fully saturated rings. The van der Waals surface area contributed by atoms with Gasteiger partial charge in [0.15, 0.2) is 11.5 Å². The molecule has 28 heavy (non-hydrogen) atoms. The zero-order valence-electron chi connectivity index (χ0n) is 16.1. The smallest absolute Gasteiger partial charge is 0.161 e. The molecule has 1 aliphatic heterocycles. The summed E-state index contributed by atoms with van der Waals surface area (Å²) in [7, 11) is 3.31. The molecule has 7 heteroatoms. The molecular weight excluding hydrogens is 419 g/mol. The van der Waals surface area contributed by atoms with Gasteiger partial charge in [0.1, 0.15) is 0 Å². The van der Waals surface area contributed by atoms with Crippen LogP contribution in [0.2, 0.25) is 0 Å². The highest BCUT2D eigenvalue weighted by atomic mass is 35.5. The first kappa shape index (κ1) is 22.7. The van der Waals surface area contributed by atoms with E-state index in [1.54, 1.807) is 14.2 Å².